The van der Waals surface area contributed by atoms with Gasteiger partial charge in [-0.05, 0) is 107 Å². The van der Waals surface area contributed by atoms with E-state index in [0.29, 0.717) is 79.4 Å². The highest BCUT2D eigenvalue weighted by Crippen LogP contribution is 2.60. The number of ether oxygens (including phenoxy) is 16. The van der Waals surface area contributed by atoms with Crippen LogP contribution in [0.3, 0.4) is 0 Å². The molecular formula is C60H72O24. The van der Waals surface area contributed by atoms with Crippen molar-refractivity contribution >= 4 is 47.8 Å². The molecule has 0 amide bonds. The van der Waals surface area contributed by atoms with Gasteiger partial charge in [-0.15, -0.1) is 0 Å². The number of hydrogen-bond donors (Lipinski definition) is 0. The minimum Gasteiger partial charge on any atom is -0.493 e. The van der Waals surface area contributed by atoms with Gasteiger partial charge >= 0.3 is 47.8 Å². The number of rotatable bonds is 24. The van der Waals surface area contributed by atoms with Crippen LogP contribution in [0.2, 0.25) is 0 Å². The number of carbonyl (C=O) groups excluding carboxylic acids is 8. The van der Waals surface area contributed by atoms with Gasteiger partial charge in [0.2, 0.25) is 0 Å². The van der Waals surface area contributed by atoms with Crippen LogP contribution < -0.4 is 37.9 Å². The van der Waals surface area contributed by atoms with E-state index in [1.165, 1.54) is 85.3 Å². The van der Waals surface area contributed by atoms with E-state index in [1.807, 2.05) is 0 Å². The zero-order valence-corrected chi connectivity index (χ0v) is 49.8. The molecule has 0 aliphatic heterocycles. The summed E-state index contributed by atoms with van der Waals surface area (Å²) >= 11 is 0. The summed E-state index contributed by atoms with van der Waals surface area (Å²) in [6.45, 7) is 0. The molecule has 4 aromatic carbocycles. The van der Waals surface area contributed by atoms with Crippen molar-refractivity contribution in [2.45, 2.75) is 36.5 Å². The predicted octanol–water partition coefficient (Wildman–Crippen LogP) is 5.76. The maximum Gasteiger partial charge on any atom is 0.320 e. The fourth-order valence-electron chi connectivity index (χ4n) is 11.6. The topological polar surface area (TPSA) is 284 Å². The fourth-order valence-corrected chi connectivity index (χ4v) is 11.6. The Bertz CT molecular complexity index is 2780. The van der Waals surface area contributed by atoms with E-state index in [2.05, 4.69) is 0 Å². The average molecular weight is 1180 g/mol. The van der Waals surface area contributed by atoms with Gasteiger partial charge in [-0.2, -0.15) is 0 Å². The first-order valence-electron chi connectivity index (χ1n) is 25.9. The Balaban J connectivity index is 0.000000307. The van der Waals surface area contributed by atoms with Gasteiger partial charge in [0.05, 0.1) is 114 Å². The zero-order valence-electron chi connectivity index (χ0n) is 49.8. The summed E-state index contributed by atoms with van der Waals surface area (Å²) in [6, 6.07) is 17.4. The second-order valence-corrected chi connectivity index (χ2v) is 18.9. The van der Waals surface area contributed by atoms with Crippen LogP contribution >= 0.6 is 0 Å². The van der Waals surface area contributed by atoms with Gasteiger partial charge in [-0.1, -0.05) is 12.1 Å². The predicted molar refractivity (Wildman–Crippen MR) is 294 cm³/mol. The van der Waals surface area contributed by atoms with Gasteiger partial charge in [0.25, 0.3) is 0 Å². The first-order valence-corrected chi connectivity index (χ1v) is 25.9. The monoisotopic (exact) mass is 1180 g/mol. The van der Waals surface area contributed by atoms with E-state index in [0.717, 1.165) is 28.4 Å². The first kappa shape index (κ1) is 65.8. The molecule has 0 bridgehead atoms. The molecule has 0 heterocycles. The summed E-state index contributed by atoms with van der Waals surface area (Å²) in [5.41, 5.74) is 3.88. The van der Waals surface area contributed by atoms with Crippen molar-refractivity contribution in [2.75, 3.05) is 114 Å². The van der Waals surface area contributed by atoms with Crippen molar-refractivity contribution in [1.82, 2.24) is 0 Å². The van der Waals surface area contributed by atoms with Crippen LogP contribution in [0.4, 0.5) is 0 Å². The molecule has 6 atom stereocenters. The number of benzene rings is 4. The lowest BCUT2D eigenvalue weighted by Gasteiger charge is -2.31. The molecule has 0 N–H and O–H groups in total. The summed E-state index contributed by atoms with van der Waals surface area (Å²) < 4.78 is 84.2. The summed E-state index contributed by atoms with van der Waals surface area (Å²) in [5, 5.41) is 0. The maximum absolute atomic E-state index is 13.3. The van der Waals surface area contributed by atoms with Gasteiger partial charge in [0.1, 0.15) is 0 Å². The zero-order chi connectivity index (χ0) is 62.3. The molecule has 24 heteroatoms. The van der Waals surface area contributed by atoms with Gasteiger partial charge in [0, 0.05) is 23.7 Å². The van der Waals surface area contributed by atoms with Gasteiger partial charge in [-0.3, -0.25) is 38.4 Å². The molecular weight excluding hydrogens is 1100 g/mol. The van der Waals surface area contributed by atoms with Crippen LogP contribution in [0, 0.1) is 35.5 Å². The third-order valence-corrected chi connectivity index (χ3v) is 15.4. The summed E-state index contributed by atoms with van der Waals surface area (Å²) in [6.07, 6.45) is -0.332. The largest absolute Gasteiger partial charge is 0.493 e. The number of fused-ring (bicyclic) bond motifs is 2. The smallest absolute Gasteiger partial charge is 0.320 e. The van der Waals surface area contributed by atoms with Gasteiger partial charge < -0.3 is 75.8 Å². The Labute approximate surface area is 486 Å². The molecule has 0 spiro atoms. The molecule has 84 heavy (non-hydrogen) atoms. The van der Waals surface area contributed by atoms with E-state index in [4.69, 9.17) is 75.8 Å². The van der Waals surface area contributed by atoms with Crippen LogP contribution in [-0.4, -0.2) is 162 Å². The Morgan fingerprint density at radius 3 is 0.750 bits per heavy atom. The van der Waals surface area contributed by atoms with Crippen LogP contribution in [0.25, 0.3) is 0 Å². The highest BCUT2D eigenvalue weighted by Gasteiger charge is 2.55. The molecule has 456 valence electrons. The molecule has 2 aliphatic rings. The SMILES string of the molecule is COC(=O)C(C[C@@H]1c2cc(OC)c(OC)cc2[C@@H](c2ccc(OC)c(OC)c2)[C@@H]1C(C(=O)OC)C(=O)OC)C(=O)OC.COC(=O)C(C[C@H]1c2cc(OC)c(OC)cc2[C@H](c2ccc(OC)c(OC)c2)[C@H]1C(C(=O)OC)C(=O)OC)C(=O)OC. The quantitative estimate of drug-likeness (QED) is 0.0458. The number of hydrogen-bond acceptors (Lipinski definition) is 24. The standard InChI is InChI=1S/2C30H36O12/c2*1-35-20-10-9-15(11-21(20)36-2)24-18-14-23(38-4)22(37-3)13-16(18)17(12-19(27(31)39-5)28(32)40-6)25(24)26(29(33)41-7)30(34)42-8/h2*9-11,13-14,17,19,24-26H,12H2,1-8H3/t2*17-,24-,25-/m10/s1. The number of esters is 8. The minimum absolute atomic E-state index is 0.166. The van der Waals surface area contributed by atoms with Crippen LogP contribution in [0.1, 0.15) is 69.9 Å². The number of carbonyl (C=O) groups is 8. The average Bonchev–Trinajstić information content (AvgIpc) is 2.71. The Morgan fingerprint density at radius 1 is 0.298 bits per heavy atom. The first-order chi connectivity index (χ1) is 40.3. The summed E-state index contributed by atoms with van der Waals surface area (Å²) in [7, 11) is 21.2. The van der Waals surface area contributed by atoms with E-state index in [9.17, 15) is 38.4 Å². The Morgan fingerprint density at radius 2 is 0.524 bits per heavy atom. The lowest BCUT2D eigenvalue weighted by atomic mass is 9.72. The fraction of sp³-hybridized carbons (Fsp3) is 0.467. The van der Waals surface area contributed by atoms with Crippen molar-refractivity contribution in [3.05, 3.63) is 94.0 Å². The Hall–Kier alpha value is -8.96. The molecule has 0 radical (unpaired) electrons. The third kappa shape index (κ3) is 13.3. The van der Waals surface area contributed by atoms with Crippen LogP contribution in [-0.2, 0) is 76.3 Å². The van der Waals surface area contributed by atoms with Gasteiger partial charge in [0.15, 0.2) is 69.7 Å². The van der Waals surface area contributed by atoms with Crippen molar-refractivity contribution in [3.8, 4) is 46.0 Å². The van der Waals surface area contributed by atoms with E-state index in [1.54, 1.807) is 60.7 Å². The van der Waals surface area contributed by atoms with Crippen molar-refractivity contribution in [1.29, 1.82) is 0 Å². The van der Waals surface area contributed by atoms with Crippen LogP contribution in [0.15, 0.2) is 60.7 Å². The molecule has 0 aromatic heterocycles. The molecule has 6 rings (SSSR count). The van der Waals surface area contributed by atoms with Crippen molar-refractivity contribution in [2.24, 2.45) is 35.5 Å². The third-order valence-electron chi connectivity index (χ3n) is 15.4. The Kier molecular flexibility index (Phi) is 23.4. The minimum atomic E-state index is -1.46. The van der Waals surface area contributed by atoms with Gasteiger partial charge in [-0.25, -0.2) is 0 Å². The van der Waals surface area contributed by atoms with Crippen molar-refractivity contribution in [3.63, 3.8) is 0 Å². The lowest BCUT2D eigenvalue weighted by Crippen LogP contribution is -2.39. The highest BCUT2D eigenvalue weighted by atomic mass is 16.6. The number of methoxy groups -OCH3 is 16. The summed E-state index contributed by atoms with van der Waals surface area (Å²) in [5.74, 6) is -13.8. The maximum atomic E-state index is 13.3. The summed E-state index contributed by atoms with van der Waals surface area (Å²) in [4.78, 5) is 104. The molecule has 0 unspecified atom stereocenters. The molecule has 0 saturated carbocycles. The second-order valence-electron chi connectivity index (χ2n) is 18.9. The highest BCUT2D eigenvalue weighted by molar-refractivity contribution is 5.98. The molecule has 0 fully saturated rings. The molecule has 24 nitrogen and oxygen atoms in total. The van der Waals surface area contributed by atoms with E-state index >= 15 is 0 Å². The second kappa shape index (κ2) is 29.8. The molecule has 2 aliphatic carbocycles. The molecule has 4 aromatic rings. The normalized spacial score (nSPS) is 17.2. The van der Waals surface area contributed by atoms with E-state index < -0.39 is 107 Å². The molecule has 0 saturated heterocycles. The van der Waals surface area contributed by atoms with Crippen molar-refractivity contribution < 1.29 is 114 Å². The van der Waals surface area contributed by atoms with E-state index in [-0.39, 0.29) is 12.8 Å². The lowest BCUT2D eigenvalue weighted by molar-refractivity contribution is -0.165. The van der Waals surface area contributed by atoms with Crippen LogP contribution in [0.5, 0.6) is 46.0 Å².